The van der Waals surface area contributed by atoms with Gasteiger partial charge in [-0.3, -0.25) is 18.2 Å². The second-order valence-electron chi connectivity index (χ2n) is 8.48. The van der Waals surface area contributed by atoms with Gasteiger partial charge in [0.05, 0.1) is 23.9 Å². The van der Waals surface area contributed by atoms with Crippen LogP contribution in [-0.2, 0) is 29.6 Å². The molecule has 0 fully saturated rings. The Morgan fingerprint density at radius 3 is 1.49 bits per heavy atom. The van der Waals surface area contributed by atoms with Crippen LogP contribution in [0, 0.1) is 13.8 Å². The maximum absolute atomic E-state index is 12.5. The van der Waals surface area contributed by atoms with Crippen molar-refractivity contribution in [2.45, 2.75) is 26.8 Å². The zero-order valence-electron chi connectivity index (χ0n) is 20.5. The third-order valence-corrected chi connectivity index (χ3v) is 7.31. The van der Waals surface area contributed by atoms with Gasteiger partial charge in [-0.2, -0.15) is 0 Å². The maximum Gasteiger partial charge on any atom is 0.241 e. The van der Waals surface area contributed by atoms with Crippen LogP contribution in [0.4, 0.5) is 11.4 Å². The molecule has 0 bridgehead atoms. The third kappa shape index (κ3) is 8.87. The number of benzene rings is 2. The normalized spacial score (nSPS) is 12.5. The molecule has 2 aromatic rings. The standard InChI is InChI=1S/C23H32N4O6S2/c1-17-6-10-20(11-7-17)26(34(4,30)31)15-22(28)24-14-19(3)25-23(29)16-27(35(5,32)33)21-12-8-18(2)9-13-21/h6-13,19H,14-16H2,1-5H3,(H,24,28)(H,25,29)/t19-/m0/s1. The van der Waals surface area contributed by atoms with Crippen LogP contribution < -0.4 is 19.2 Å². The van der Waals surface area contributed by atoms with Gasteiger partial charge >= 0.3 is 0 Å². The number of anilines is 2. The summed E-state index contributed by atoms with van der Waals surface area (Å²) in [4.78, 5) is 24.9. The first kappa shape index (κ1) is 28.1. The van der Waals surface area contributed by atoms with Gasteiger partial charge in [0, 0.05) is 12.6 Å². The summed E-state index contributed by atoms with van der Waals surface area (Å²) in [5, 5.41) is 5.25. The van der Waals surface area contributed by atoms with E-state index in [0.29, 0.717) is 11.4 Å². The first-order chi connectivity index (χ1) is 16.2. The molecule has 2 N–H and O–H groups in total. The van der Waals surface area contributed by atoms with Gasteiger partial charge in [-0.25, -0.2) is 16.8 Å². The average Bonchev–Trinajstić information content (AvgIpc) is 2.74. The molecular formula is C23H32N4O6S2. The molecule has 0 spiro atoms. The summed E-state index contributed by atoms with van der Waals surface area (Å²) in [7, 11) is -7.40. The van der Waals surface area contributed by atoms with Gasteiger partial charge < -0.3 is 10.6 Å². The van der Waals surface area contributed by atoms with Crippen LogP contribution in [0.3, 0.4) is 0 Å². The highest BCUT2D eigenvalue weighted by atomic mass is 32.2. The van der Waals surface area contributed by atoms with Crippen molar-refractivity contribution < 1.29 is 26.4 Å². The molecule has 0 saturated carbocycles. The van der Waals surface area contributed by atoms with Crippen molar-refractivity contribution in [2.24, 2.45) is 0 Å². The van der Waals surface area contributed by atoms with E-state index in [4.69, 9.17) is 0 Å². The van der Waals surface area contributed by atoms with Gasteiger partial charge in [-0.15, -0.1) is 0 Å². The van der Waals surface area contributed by atoms with Gasteiger partial charge in [0.15, 0.2) is 0 Å². The molecule has 0 aliphatic rings. The minimum absolute atomic E-state index is 0.0273. The molecule has 2 aromatic carbocycles. The van der Waals surface area contributed by atoms with Crippen molar-refractivity contribution in [2.75, 3.05) is 40.8 Å². The molecule has 0 aromatic heterocycles. The second-order valence-corrected chi connectivity index (χ2v) is 12.3. The zero-order valence-corrected chi connectivity index (χ0v) is 22.1. The van der Waals surface area contributed by atoms with Crippen molar-refractivity contribution >= 4 is 43.2 Å². The Hall–Kier alpha value is -3.12. The number of nitrogens with zero attached hydrogens (tertiary/aromatic N) is 2. The molecule has 0 radical (unpaired) electrons. The van der Waals surface area contributed by atoms with Crippen molar-refractivity contribution in [3.63, 3.8) is 0 Å². The summed E-state index contributed by atoms with van der Waals surface area (Å²) in [6, 6.07) is 12.9. The maximum atomic E-state index is 12.5. The van der Waals surface area contributed by atoms with Crippen LogP contribution in [0.25, 0.3) is 0 Å². The number of sulfonamides is 2. The van der Waals surface area contributed by atoms with Gasteiger partial charge in [0.25, 0.3) is 0 Å². The number of hydrogen-bond acceptors (Lipinski definition) is 6. The van der Waals surface area contributed by atoms with E-state index in [2.05, 4.69) is 10.6 Å². The Bertz CT molecular complexity index is 1240. The fourth-order valence-electron chi connectivity index (χ4n) is 3.18. The number of aryl methyl sites for hydroxylation is 2. The minimum atomic E-state index is -3.70. The topological polar surface area (TPSA) is 133 Å². The molecule has 192 valence electrons. The van der Waals surface area contributed by atoms with Gasteiger partial charge in [-0.05, 0) is 45.0 Å². The molecule has 12 heteroatoms. The molecule has 0 aliphatic carbocycles. The Labute approximate surface area is 207 Å². The molecule has 0 heterocycles. The fraction of sp³-hybridized carbons (Fsp3) is 0.391. The van der Waals surface area contributed by atoms with E-state index in [1.165, 1.54) is 0 Å². The van der Waals surface area contributed by atoms with Crippen LogP contribution in [0.5, 0.6) is 0 Å². The van der Waals surface area contributed by atoms with E-state index >= 15 is 0 Å². The van der Waals surface area contributed by atoms with E-state index in [-0.39, 0.29) is 6.54 Å². The highest BCUT2D eigenvalue weighted by molar-refractivity contribution is 7.92. The van der Waals surface area contributed by atoms with Crippen molar-refractivity contribution in [1.82, 2.24) is 10.6 Å². The summed E-state index contributed by atoms with van der Waals surface area (Å²) >= 11 is 0. The Morgan fingerprint density at radius 2 is 1.11 bits per heavy atom. The lowest BCUT2D eigenvalue weighted by atomic mass is 10.2. The zero-order chi connectivity index (χ0) is 26.4. The van der Waals surface area contributed by atoms with E-state index in [9.17, 15) is 26.4 Å². The summed E-state index contributed by atoms with van der Waals surface area (Å²) in [5.74, 6) is -1.09. The highest BCUT2D eigenvalue weighted by Crippen LogP contribution is 2.19. The van der Waals surface area contributed by atoms with E-state index in [0.717, 1.165) is 32.2 Å². The van der Waals surface area contributed by atoms with Crippen molar-refractivity contribution in [1.29, 1.82) is 0 Å². The van der Waals surface area contributed by atoms with Crippen molar-refractivity contribution in [3.8, 4) is 0 Å². The molecule has 10 nitrogen and oxygen atoms in total. The quantitative estimate of drug-likeness (QED) is 0.453. The number of rotatable bonds is 11. The SMILES string of the molecule is Cc1ccc(N(CC(=O)NC[C@H](C)NC(=O)CN(c2ccc(C)cc2)S(C)(=O)=O)S(C)(=O)=O)cc1. The Morgan fingerprint density at radius 1 is 0.743 bits per heavy atom. The van der Waals surface area contributed by atoms with Gasteiger partial charge in [0.2, 0.25) is 31.9 Å². The monoisotopic (exact) mass is 524 g/mol. The van der Waals surface area contributed by atoms with Crippen LogP contribution in [0.15, 0.2) is 48.5 Å². The molecule has 0 saturated heterocycles. The lowest BCUT2D eigenvalue weighted by molar-refractivity contribution is -0.122. The van der Waals surface area contributed by atoms with Crippen molar-refractivity contribution in [3.05, 3.63) is 59.7 Å². The highest BCUT2D eigenvalue weighted by Gasteiger charge is 2.23. The molecule has 2 rings (SSSR count). The van der Waals surface area contributed by atoms with Crippen LogP contribution in [0.1, 0.15) is 18.1 Å². The van der Waals surface area contributed by atoms with Crippen LogP contribution in [0.2, 0.25) is 0 Å². The molecule has 0 unspecified atom stereocenters. The summed E-state index contributed by atoms with van der Waals surface area (Å²) in [6.07, 6.45) is 2.04. The number of carbonyl (C=O) groups excluding carboxylic acids is 2. The minimum Gasteiger partial charge on any atom is -0.352 e. The molecule has 0 aliphatic heterocycles. The third-order valence-electron chi connectivity index (χ3n) is 5.03. The summed E-state index contributed by atoms with van der Waals surface area (Å²) in [6.45, 7) is 4.57. The van der Waals surface area contributed by atoms with Crippen LogP contribution >= 0.6 is 0 Å². The first-order valence-electron chi connectivity index (χ1n) is 10.8. The number of hydrogen-bond donors (Lipinski definition) is 2. The van der Waals surface area contributed by atoms with E-state index in [1.54, 1.807) is 55.5 Å². The Kier molecular flexibility index (Phi) is 9.27. The smallest absolute Gasteiger partial charge is 0.241 e. The lowest BCUT2D eigenvalue weighted by Gasteiger charge is -2.24. The first-order valence-corrected chi connectivity index (χ1v) is 14.5. The number of amides is 2. The predicted molar refractivity (Wildman–Crippen MR) is 137 cm³/mol. The molecule has 2 amide bonds. The van der Waals surface area contributed by atoms with E-state index in [1.807, 2.05) is 13.8 Å². The van der Waals surface area contributed by atoms with Crippen LogP contribution in [-0.4, -0.2) is 66.8 Å². The number of carbonyl (C=O) groups is 2. The lowest BCUT2D eigenvalue weighted by Crippen LogP contribution is -2.48. The molecule has 1 atom stereocenters. The summed E-state index contributed by atoms with van der Waals surface area (Å²) in [5.41, 5.74) is 2.64. The van der Waals surface area contributed by atoms with Gasteiger partial charge in [0.1, 0.15) is 13.1 Å². The van der Waals surface area contributed by atoms with E-state index < -0.39 is 51.0 Å². The molecule has 35 heavy (non-hydrogen) atoms. The van der Waals surface area contributed by atoms with Gasteiger partial charge in [-0.1, -0.05) is 35.4 Å². The number of nitrogens with one attached hydrogen (secondary N) is 2. The molecular weight excluding hydrogens is 492 g/mol. The largest absolute Gasteiger partial charge is 0.352 e. The fourth-order valence-corrected chi connectivity index (χ4v) is 4.89. The predicted octanol–water partition coefficient (Wildman–Crippen LogP) is 1.16. The Balaban J connectivity index is 1.95. The average molecular weight is 525 g/mol. The second kappa shape index (κ2) is 11.5. The summed E-state index contributed by atoms with van der Waals surface area (Å²) < 4.78 is 50.8.